The number of aryl methyl sites for hydroxylation is 1. The van der Waals surface area contributed by atoms with E-state index >= 15 is 0 Å². The molecule has 1 N–H and O–H groups in total. The summed E-state index contributed by atoms with van der Waals surface area (Å²) in [5.74, 6) is 0.752. The van der Waals surface area contributed by atoms with Crippen molar-refractivity contribution in [3.63, 3.8) is 0 Å². The predicted molar refractivity (Wildman–Crippen MR) is 113 cm³/mol. The van der Waals surface area contributed by atoms with Crippen molar-refractivity contribution in [2.24, 2.45) is 11.3 Å². The highest BCUT2D eigenvalue weighted by Gasteiger charge is 2.39. The van der Waals surface area contributed by atoms with Gasteiger partial charge in [0.2, 0.25) is 0 Å². The minimum Gasteiger partial charge on any atom is -0.465 e. The van der Waals surface area contributed by atoms with Crippen molar-refractivity contribution >= 4 is 23.6 Å². The van der Waals surface area contributed by atoms with Gasteiger partial charge in [-0.05, 0) is 50.2 Å². The van der Waals surface area contributed by atoms with Gasteiger partial charge < -0.3 is 14.8 Å². The van der Waals surface area contributed by atoms with Crippen LogP contribution in [-0.2, 0) is 33.7 Å². The lowest BCUT2D eigenvalue weighted by atomic mass is 9.75. The highest BCUT2D eigenvalue weighted by atomic mass is 32.2. The molecule has 0 bridgehead atoms. The Labute approximate surface area is 177 Å². The Bertz CT molecular complexity index is 728. The molecular formula is C21H33N3O4S. The van der Waals surface area contributed by atoms with Crippen LogP contribution in [0.1, 0.15) is 54.9 Å². The van der Waals surface area contributed by atoms with E-state index in [9.17, 15) is 9.59 Å². The van der Waals surface area contributed by atoms with E-state index in [-0.39, 0.29) is 23.2 Å². The molecule has 0 aliphatic carbocycles. The lowest BCUT2D eigenvalue weighted by Crippen LogP contribution is -2.40. The lowest BCUT2D eigenvalue weighted by molar-refractivity contribution is -0.144. The van der Waals surface area contributed by atoms with E-state index < -0.39 is 0 Å². The molecule has 7 nitrogen and oxygen atoms in total. The Balaban J connectivity index is 1.76. The number of carbonyl (C=O) groups is 2. The van der Waals surface area contributed by atoms with Gasteiger partial charge >= 0.3 is 5.97 Å². The molecule has 0 saturated carbocycles. The first kappa shape index (κ1) is 22.2. The van der Waals surface area contributed by atoms with E-state index in [0.29, 0.717) is 38.2 Å². The molecule has 162 valence electrons. The monoisotopic (exact) mass is 423 g/mol. The number of esters is 1. The SMILES string of the molecule is CCn1nc(CC(C)COC(=O)CCSC)c2c1C(=O)NCC1(CCOCC1)C2. The van der Waals surface area contributed by atoms with Crippen molar-refractivity contribution in [2.75, 3.05) is 38.4 Å². The van der Waals surface area contributed by atoms with Crippen molar-refractivity contribution < 1.29 is 19.1 Å². The van der Waals surface area contributed by atoms with Crippen LogP contribution in [0.3, 0.4) is 0 Å². The molecule has 29 heavy (non-hydrogen) atoms. The largest absolute Gasteiger partial charge is 0.465 e. The van der Waals surface area contributed by atoms with Gasteiger partial charge in [-0.15, -0.1) is 0 Å². The number of ether oxygens (including phenoxy) is 2. The molecule has 3 heterocycles. The second kappa shape index (κ2) is 9.98. The number of fused-ring (bicyclic) bond motifs is 1. The Morgan fingerprint density at radius 2 is 2.17 bits per heavy atom. The third-order valence-electron chi connectivity index (χ3n) is 5.96. The second-order valence-corrected chi connectivity index (χ2v) is 9.28. The van der Waals surface area contributed by atoms with Crippen molar-refractivity contribution in [2.45, 2.75) is 52.5 Å². The molecule has 1 spiro atoms. The van der Waals surface area contributed by atoms with Gasteiger partial charge in [0.15, 0.2) is 0 Å². The third kappa shape index (κ3) is 5.34. The van der Waals surface area contributed by atoms with Crippen LogP contribution < -0.4 is 5.32 Å². The second-order valence-electron chi connectivity index (χ2n) is 8.30. The first-order valence-electron chi connectivity index (χ1n) is 10.6. The van der Waals surface area contributed by atoms with Gasteiger partial charge in [-0.1, -0.05) is 6.92 Å². The minimum atomic E-state index is -0.148. The Kier molecular flexibility index (Phi) is 7.62. The summed E-state index contributed by atoms with van der Waals surface area (Å²) in [5.41, 5.74) is 2.79. The fraction of sp³-hybridized carbons (Fsp3) is 0.762. The molecule has 1 aromatic rings. The van der Waals surface area contributed by atoms with Crippen LogP contribution in [0.5, 0.6) is 0 Å². The van der Waals surface area contributed by atoms with E-state index in [1.165, 1.54) is 0 Å². The van der Waals surface area contributed by atoms with Crippen LogP contribution in [0.25, 0.3) is 0 Å². The van der Waals surface area contributed by atoms with E-state index in [1.54, 1.807) is 11.8 Å². The summed E-state index contributed by atoms with van der Waals surface area (Å²) in [7, 11) is 0. The first-order chi connectivity index (χ1) is 14.0. The van der Waals surface area contributed by atoms with Gasteiger partial charge in [-0.3, -0.25) is 14.3 Å². The van der Waals surface area contributed by atoms with Crippen molar-refractivity contribution in [1.82, 2.24) is 15.1 Å². The Morgan fingerprint density at radius 3 is 2.86 bits per heavy atom. The summed E-state index contributed by atoms with van der Waals surface area (Å²) in [6, 6.07) is 0. The summed E-state index contributed by atoms with van der Waals surface area (Å²) < 4.78 is 12.8. The highest BCUT2D eigenvalue weighted by Crippen LogP contribution is 2.38. The van der Waals surface area contributed by atoms with Gasteiger partial charge in [-0.25, -0.2) is 0 Å². The number of aromatic nitrogens is 2. The molecule has 1 saturated heterocycles. The molecule has 1 unspecified atom stereocenters. The molecule has 0 aromatic carbocycles. The highest BCUT2D eigenvalue weighted by molar-refractivity contribution is 7.98. The molecule has 3 rings (SSSR count). The average molecular weight is 424 g/mol. The standard InChI is InChI=1S/C21H33N3O4S/c1-4-24-19-16(12-21(14-22-20(19)26)6-8-27-9-7-21)17(23-24)11-15(2)13-28-18(25)5-10-29-3/h15H,4-14H2,1-3H3,(H,22,26). The molecule has 1 aromatic heterocycles. The molecular weight excluding hydrogens is 390 g/mol. The number of nitrogens with zero attached hydrogens (tertiary/aromatic N) is 2. The van der Waals surface area contributed by atoms with Gasteiger partial charge in [0, 0.05) is 37.6 Å². The van der Waals surface area contributed by atoms with Crippen LogP contribution >= 0.6 is 11.8 Å². The fourth-order valence-electron chi connectivity index (χ4n) is 4.21. The molecule has 1 fully saturated rings. The average Bonchev–Trinajstić information content (AvgIpc) is 2.99. The summed E-state index contributed by atoms with van der Waals surface area (Å²) >= 11 is 1.64. The van der Waals surface area contributed by atoms with E-state index in [1.807, 2.05) is 17.9 Å². The lowest BCUT2D eigenvalue weighted by Gasteiger charge is -2.36. The smallest absolute Gasteiger partial charge is 0.306 e. The first-order valence-corrected chi connectivity index (χ1v) is 12.0. The normalized spacial score (nSPS) is 19.3. The minimum absolute atomic E-state index is 0.0277. The maximum absolute atomic E-state index is 12.9. The van der Waals surface area contributed by atoms with Crippen LogP contribution in [0.2, 0.25) is 0 Å². The number of hydrogen-bond acceptors (Lipinski definition) is 6. The van der Waals surface area contributed by atoms with Gasteiger partial charge in [0.1, 0.15) is 5.69 Å². The number of carbonyl (C=O) groups excluding carboxylic acids is 2. The molecule has 2 aliphatic rings. The molecule has 0 radical (unpaired) electrons. The quantitative estimate of drug-likeness (QED) is 0.647. The van der Waals surface area contributed by atoms with Gasteiger partial charge in [0.25, 0.3) is 5.91 Å². The maximum atomic E-state index is 12.9. The van der Waals surface area contributed by atoms with Crippen LogP contribution in [-0.4, -0.2) is 60.0 Å². The third-order valence-corrected chi connectivity index (χ3v) is 6.57. The number of rotatable bonds is 8. The predicted octanol–water partition coefficient (Wildman–Crippen LogP) is 2.46. The molecule has 1 amide bonds. The van der Waals surface area contributed by atoms with Crippen molar-refractivity contribution in [3.8, 4) is 0 Å². The van der Waals surface area contributed by atoms with Gasteiger partial charge in [0.05, 0.1) is 18.7 Å². The topological polar surface area (TPSA) is 82.5 Å². The zero-order valence-corrected chi connectivity index (χ0v) is 18.6. The zero-order chi connectivity index (χ0) is 20.9. The maximum Gasteiger partial charge on any atom is 0.306 e. The Hall–Kier alpha value is -1.54. The summed E-state index contributed by atoms with van der Waals surface area (Å²) in [6.45, 7) is 7.29. The van der Waals surface area contributed by atoms with Crippen LogP contribution in [0.4, 0.5) is 0 Å². The zero-order valence-electron chi connectivity index (χ0n) is 17.8. The van der Waals surface area contributed by atoms with Crippen LogP contribution in [0.15, 0.2) is 0 Å². The number of nitrogens with one attached hydrogen (secondary N) is 1. The molecule has 1 atom stereocenters. The van der Waals surface area contributed by atoms with Crippen molar-refractivity contribution in [1.29, 1.82) is 0 Å². The van der Waals surface area contributed by atoms with E-state index in [0.717, 1.165) is 49.5 Å². The van der Waals surface area contributed by atoms with Crippen LogP contribution in [0, 0.1) is 11.3 Å². The summed E-state index contributed by atoms with van der Waals surface area (Å²) in [5, 5.41) is 7.91. The molecule has 8 heteroatoms. The van der Waals surface area contributed by atoms with E-state index in [2.05, 4.69) is 12.2 Å². The van der Waals surface area contributed by atoms with Crippen molar-refractivity contribution in [3.05, 3.63) is 17.0 Å². The molecule has 2 aliphatic heterocycles. The van der Waals surface area contributed by atoms with E-state index in [4.69, 9.17) is 14.6 Å². The Morgan fingerprint density at radius 1 is 1.41 bits per heavy atom. The number of hydrogen-bond donors (Lipinski definition) is 1. The fourth-order valence-corrected chi connectivity index (χ4v) is 4.58. The van der Waals surface area contributed by atoms with Gasteiger partial charge in [-0.2, -0.15) is 16.9 Å². The summed E-state index contributed by atoms with van der Waals surface area (Å²) in [6.07, 6.45) is 5.87. The number of amides is 1. The number of thioether (sulfide) groups is 1. The summed E-state index contributed by atoms with van der Waals surface area (Å²) in [4.78, 5) is 24.7.